The van der Waals surface area contributed by atoms with Gasteiger partial charge >= 0.3 is 6.18 Å². The van der Waals surface area contributed by atoms with Crippen molar-refractivity contribution < 1.29 is 36.7 Å². The van der Waals surface area contributed by atoms with Crippen LogP contribution in [0.3, 0.4) is 0 Å². The maximum absolute atomic E-state index is 13.5. The molecular weight excluding hydrogens is 672 g/mol. The molecule has 7 rings (SSSR count). The molecule has 2 aromatic carbocycles. The Kier molecular flexibility index (Phi) is 9.33. The molecule has 0 spiro atoms. The highest BCUT2D eigenvalue weighted by Gasteiger charge is 2.31. The number of carbonyl (C=O) groups is 1. The molecule has 3 aromatic heterocycles. The summed E-state index contributed by atoms with van der Waals surface area (Å²) in [4.78, 5) is 20.2. The van der Waals surface area contributed by atoms with Gasteiger partial charge in [0.25, 0.3) is 0 Å². The summed E-state index contributed by atoms with van der Waals surface area (Å²) >= 11 is 8.28. The van der Waals surface area contributed by atoms with Crippen molar-refractivity contribution in [2.45, 2.75) is 44.5 Å². The summed E-state index contributed by atoms with van der Waals surface area (Å²) in [5.74, 6) is -2.00. The predicted molar refractivity (Wildman–Crippen MR) is 173 cm³/mol. The minimum absolute atomic E-state index is 0.231. The number of fused-ring (bicyclic) bond motifs is 5. The highest BCUT2D eigenvalue weighted by Crippen LogP contribution is 2.46. The number of hydrogen-bond donors (Lipinski definition) is 1. The Bertz CT molecular complexity index is 1970. The number of ether oxygens (including phenoxy) is 1. The molecule has 0 amide bonds. The van der Waals surface area contributed by atoms with Crippen LogP contribution in [-0.4, -0.2) is 63.6 Å². The fraction of sp³-hybridized carbons (Fsp3) is 0.333. The molecular formula is C33H31ClF4N6O3S. The number of piperidine rings is 1. The number of quaternary nitrogens is 1. The third kappa shape index (κ3) is 7.40. The molecule has 5 aromatic rings. The maximum Gasteiger partial charge on any atom is 0.430 e. The van der Waals surface area contributed by atoms with Crippen LogP contribution in [0.5, 0.6) is 5.75 Å². The van der Waals surface area contributed by atoms with Crippen LogP contribution in [0.25, 0.3) is 20.7 Å². The van der Waals surface area contributed by atoms with Crippen LogP contribution in [0.4, 0.5) is 29.1 Å². The smallest absolute Gasteiger partial charge is 0.430 e. The Morgan fingerprint density at radius 1 is 1.15 bits per heavy atom. The van der Waals surface area contributed by atoms with E-state index in [9.17, 15) is 17.6 Å². The molecule has 9 nitrogen and oxygen atoms in total. The number of carboxylic acids is 1. The van der Waals surface area contributed by atoms with E-state index in [0.29, 0.717) is 16.8 Å². The SMILES string of the molecule is C[N+]1(C)CCC(n2cc3c(n2)CCc2c-3sc3ncnc(Nc4ccc(OCc5cccc(F)c5)c(Cl)c4)c23)CC1.O=C([O-])C(F)(F)F. The number of nitrogens with one attached hydrogen (secondary N) is 1. The van der Waals surface area contributed by atoms with Gasteiger partial charge in [-0.2, -0.15) is 18.3 Å². The third-order valence-electron chi connectivity index (χ3n) is 8.47. The van der Waals surface area contributed by atoms with E-state index < -0.39 is 12.1 Å². The maximum atomic E-state index is 13.5. The fourth-order valence-electron chi connectivity index (χ4n) is 5.91. The summed E-state index contributed by atoms with van der Waals surface area (Å²) in [5.41, 5.74) is 5.25. The van der Waals surface area contributed by atoms with Crippen molar-refractivity contribution in [1.82, 2.24) is 19.7 Å². The zero-order chi connectivity index (χ0) is 34.2. The molecule has 1 saturated heterocycles. The van der Waals surface area contributed by atoms with Crippen LogP contribution < -0.4 is 15.2 Å². The van der Waals surface area contributed by atoms with Gasteiger partial charge in [0, 0.05) is 35.2 Å². The Hall–Kier alpha value is -4.27. The Morgan fingerprint density at radius 2 is 1.90 bits per heavy atom. The van der Waals surface area contributed by atoms with Crippen LogP contribution in [0.1, 0.15) is 35.7 Å². The number of rotatable bonds is 6. The third-order valence-corrected chi connectivity index (χ3v) is 9.94. The molecule has 4 heterocycles. The van der Waals surface area contributed by atoms with Gasteiger partial charge in [-0.05, 0) is 54.3 Å². The van der Waals surface area contributed by atoms with Crippen molar-refractivity contribution in [3.8, 4) is 16.2 Å². The van der Waals surface area contributed by atoms with E-state index in [-0.39, 0.29) is 12.4 Å². The van der Waals surface area contributed by atoms with Gasteiger partial charge in [0.1, 0.15) is 41.1 Å². The molecule has 0 bridgehead atoms. The first kappa shape index (κ1) is 33.6. The van der Waals surface area contributed by atoms with E-state index in [1.54, 1.807) is 23.7 Å². The van der Waals surface area contributed by atoms with Gasteiger partial charge in [-0.15, -0.1) is 11.3 Å². The van der Waals surface area contributed by atoms with Crippen molar-refractivity contribution in [2.24, 2.45) is 0 Å². The number of likely N-dealkylation sites (tertiary alicyclic amines) is 1. The molecule has 2 aliphatic rings. The van der Waals surface area contributed by atoms with E-state index in [2.05, 4.69) is 40.3 Å². The number of aliphatic carboxylic acids is 1. The van der Waals surface area contributed by atoms with Crippen LogP contribution in [-0.2, 0) is 24.2 Å². The van der Waals surface area contributed by atoms with E-state index in [4.69, 9.17) is 31.3 Å². The van der Waals surface area contributed by atoms with Crippen LogP contribution in [0.2, 0.25) is 5.02 Å². The van der Waals surface area contributed by atoms with Crippen molar-refractivity contribution in [1.29, 1.82) is 0 Å². The number of alkyl halides is 3. The van der Waals surface area contributed by atoms with Crippen molar-refractivity contribution in [3.05, 3.63) is 82.6 Å². The number of nitrogens with zero attached hydrogens (tertiary/aromatic N) is 5. The first-order valence-electron chi connectivity index (χ1n) is 15.2. The molecule has 1 aliphatic carbocycles. The van der Waals surface area contributed by atoms with Crippen LogP contribution in [0, 0.1) is 5.82 Å². The van der Waals surface area contributed by atoms with Crippen LogP contribution in [0.15, 0.2) is 55.0 Å². The minimum atomic E-state index is -5.19. The summed E-state index contributed by atoms with van der Waals surface area (Å²) in [5, 5.41) is 18.8. The van der Waals surface area contributed by atoms with Gasteiger partial charge in [-0.3, -0.25) is 4.68 Å². The largest absolute Gasteiger partial charge is 0.542 e. The monoisotopic (exact) mass is 702 g/mol. The lowest BCUT2D eigenvalue weighted by Crippen LogP contribution is -2.46. The molecule has 15 heteroatoms. The lowest BCUT2D eigenvalue weighted by atomic mass is 9.95. The number of thiophene rings is 1. The average molecular weight is 703 g/mol. The van der Waals surface area contributed by atoms with Crippen molar-refractivity contribution in [3.63, 3.8) is 0 Å². The van der Waals surface area contributed by atoms with E-state index in [1.807, 2.05) is 24.3 Å². The molecule has 0 saturated carbocycles. The van der Waals surface area contributed by atoms with Gasteiger partial charge < -0.3 is 24.4 Å². The number of halogens is 5. The predicted octanol–water partition coefficient (Wildman–Crippen LogP) is 6.48. The molecule has 252 valence electrons. The second-order valence-electron chi connectivity index (χ2n) is 12.4. The Labute approximate surface area is 282 Å². The molecule has 1 aliphatic heterocycles. The lowest BCUT2D eigenvalue weighted by molar-refractivity contribution is -0.895. The van der Waals surface area contributed by atoms with Gasteiger partial charge in [-0.1, -0.05) is 23.7 Å². The number of carboxylic acid groups (broad SMARTS) is 1. The van der Waals surface area contributed by atoms with E-state index in [1.165, 1.54) is 46.9 Å². The first-order chi connectivity index (χ1) is 22.8. The van der Waals surface area contributed by atoms with E-state index in [0.717, 1.165) is 57.5 Å². The normalized spacial score (nSPS) is 15.6. The standard InChI is InChI=1S/C31H31ClFN6OS.C2HF3O2/c1-39(2)12-10-22(11-13-39)38-16-24-26(37-38)8-7-23-28-30(34-18-35-31(28)41-29(23)24)36-21-6-9-27(25(32)15-21)40-17-19-4-3-5-20(33)14-19;3-2(4,5)1(6)7/h3-6,9,14-16,18,22H,7-8,10-13,17H2,1-2H3,(H,34,35,36);(H,6,7)/q+1;/p-1. The van der Waals surface area contributed by atoms with Gasteiger partial charge in [0.15, 0.2) is 0 Å². The molecule has 0 radical (unpaired) electrons. The summed E-state index contributed by atoms with van der Waals surface area (Å²) in [6, 6.07) is 12.4. The number of carbonyl (C=O) groups excluding carboxylic acids is 1. The van der Waals surface area contributed by atoms with Gasteiger partial charge in [0.2, 0.25) is 0 Å². The summed E-state index contributed by atoms with van der Waals surface area (Å²) in [6.45, 7) is 2.59. The molecule has 1 N–H and O–H groups in total. The summed E-state index contributed by atoms with van der Waals surface area (Å²) in [6.07, 6.45) is 2.81. The number of aromatic nitrogens is 4. The zero-order valence-electron chi connectivity index (χ0n) is 26.0. The Morgan fingerprint density at radius 3 is 2.58 bits per heavy atom. The number of anilines is 2. The second-order valence-corrected chi connectivity index (χ2v) is 13.8. The zero-order valence-corrected chi connectivity index (χ0v) is 27.6. The quantitative estimate of drug-likeness (QED) is 0.160. The van der Waals surface area contributed by atoms with Crippen molar-refractivity contribution >= 4 is 50.6 Å². The van der Waals surface area contributed by atoms with Crippen LogP contribution >= 0.6 is 22.9 Å². The number of benzene rings is 2. The summed E-state index contributed by atoms with van der Waals surface area (Å²) < 4.78 is 54.2. The average Bonchev–Trinajstić information content (AvgIpc) is 3.63. The molecule has 48 heavy (non-hydrogen) atoms. The second kappa shape index (κ2) is 13.3. The molecule has 0 unspecified atom stereocenters. The fourth-order valence-corrected chi connectivity index (χ4v) is 7.37. The van der Waals surface area contributed by atoms with E-state index >= 15 is 0 Å². The first-order valence-corrected chi connectivity index (χ1v) is 16.4. The van der Waals surface area contributed by atoms with Gasteiger partial charge in [0.05, 0.1) is 49.3 Å². The highest BCUT2D eigenvalue weighted by molar-refractivity contribution is 7.22. The summed E-state index contributed by atoms with van der Waals surface area (Å²) in [7, 11) is 4.62. The topological polar surface area (TPSA) is 105 Å². The van der Waals surface area contributed by atoms with Gasteiger partial charge in [-0.25, -0.2) is 14.4 Å². The lowest BCUT2D eigenvalue weighted by Gasteiger charge is -2.37. The minimum Gasteiger partial charge on any atom is -0.542 e. The number of aryl methyl sites for hydroxylation is 2. The molecule has 1 fully saturated rings. The molecule has 0 atom stereocenters. The number of hydrogen-bond acceptors (Lipinski definition) is 8. The highest BCUT2D eigenvalue weighted by atomic mass is 35.5. The van der Waals surface area contributed by atoms with Crippen molar-refractivity contribution in [2.75, 3.05) is 32.5 Å². The Balaban J connectivity index is 0.000000519.